The number of nitrogens with zero attached hydrogens (tertiary/aromatic N) is 1. The van der Waals surface area contributed by atoms with Crippen molar-refractivity contribution in [3.8, 4) is 10.6 Å². The number of aromatic amines is 1. The molecule has 1 aliphatic carbocycles. The van der Waals surface area contributed by atoms with Gasteiger partial charge < -0.3 is 4.98 Å². The summed E-state index contributed by atoms with van der Waals surface area (Å²) in [5.41, 5.74) is -0.485. The highest BCUT2D eigenvalue weighted by Crippen LogP contribution is 2.38. The standard InChI is InChI=1S/C11H9FN2OS/c12-8-9(7-2-1-5-16-7)13-10(6-3-4-6)14-11(8)15/h1-2,5-6H,3-4H2,(H,13,14,15). The number of nitrogens with one attached hydrogen (secondary N) is 1. The molecule has 16 heavy (non-hydrogen) atoms. The highest BCUT2D eigenvalue weighted by Gasteiger charge is 2.28. The molecule has 82 valence electrons. The zero-order valence-corrected chi connectivity index (χ0v) is 9.18. The maximum absolute atomic E-state index is 13.6. The van der Waals surface area contributed by atoms with Crippen LogP contribution in [0.25, 0.3) is 10.6 Å². The number of aromatic nitrogens is 2. The van der Waals surface area contributed by atoms with E-state index >= 15 is 0 Å². The maximum atomic E-state index is 13.6. The predicted molar refractivity (Wildman–Crippen MR) is 60.1 cm³/mol. The van der Waals surface area contributed by atoms with Crippen LogP contribution in [0.15, 0.2) is 22.3 Å². The molecular formula is C11H9FN2OS. The van der Waals surface area contributed by atoms with Crippen LogP contribution in [0.3, 0.4) is 0 Å². The van der Waals surface area contributed by atoms with Crippen molar-refractivity contribution in [2.45, 2.75) is 18.8 Å². The highest BCUT2D eigenvalue weighted by molar-refractivity contribution is 7.13. The van der Waals surface area contributed by atoms with Crippen LogP contribution in [0.4, 0.5) is 4.39 Å². The van der Waals surface area contributed by atoms with Gasteiger partial charge in [0.15, 0.2) is 0 Å². The average molecular weight is 236 g/mol. The summed E-state index contributed by atoms with van der Waals surface area (Å²) in [7, 11) is 0. The van der Waals surface area contributed by atoms with Crippen molar-refractivity contribution >= 4 is 11.3 Å². The molecule has 1 saturated carbocycles. The van der Waals surface area contributed by atoms with Gasteiger partial charge in [0.2, 0.25) is 5.82 Å². The molecule has 1 N–H and O–H groups in total. The van der Waals surface area contributed by atoms with Crippen LogP contribution in [0.2, 0.25) is 0 Å². The SMILES string of the molecule is O=c1[nH]c(C2CC2)nc(-c2cccs2)c1F. The van der Waals surface area contributed by atoms with E-state index in [4.69, 9.17) is 0 Å². The van der Waals surface area contributed by atoms with E-state index in [1.165, 1.54) is 11.3 Å². The lowest BCUT2D eigenvalue weighted by molar-refractivity contribution is 0.600. The monoisotopic (exact) mass is 236 g/mol. The molecule has 1 aliphatic rings. The van der Waals surface area contributed by atoms with Crippen LogP contribution < -0.4 is 5.56 Å². The molecule has 2 aromatic rings. The Morgan fingerprint density at radius 2 is 2.31 bits per heavy atom. The lowest BCUT2D eigenvalue weighted by Gasteiger charge is -2.02. The molecule has 5 heteroatoms. The fraction of sp³-hybridized carbons (Fsp3) is 0.273. The molecule has 0 aromatic carbocycles. The van der Waals surface area contributed by atoms with Crippen molar-refractivity contribution in [1.29, 1.82) is 0 Å². The first-order valence-electron chi connectivity index (χ1n) is 5.09. The molecule has 0 radical (unpaired) electrons. The molecule has 0 aliphatic heterocycles. The smallest absolute Gasteiger partial charge is 0.287 e. The summed E-state index contributed by atoms with van der Waals surface area (Å²) in [6.45, 7) is 0. The van der Waals surface area contributed by atoms with Gasteiger partial charge in [-0.15, -0.1) is 11.3 Å². The van der Waals surface area contributed by atoms with Crippen molar-refractivity contribution in [2.75, 3.05) is 0 Å². The van der Waals surface area contributed by atoms with E-state index in [0.717, 1.165) is 12.8 Å². The van der Waals surface area contributed by atoms with E-state index in [-0.39, 0.29) is 5.69 Å². The number of hydrogen-bond donors (Lipinski definition) is 1. The van der Waals surface area contributed by atoms with Crippen LogP contribution in [-0.4, -0.2) is 9.97 Å². The van der Waals surface area contributed by atoms with E-state index < -0.39 is 11.4 Å². The zero-order valence-electron chi connectivity index (χ0n) is 8.37. The minimum absolute atomic E-state index is 0.181. The van der Waals surface area contributed by atoms with Gasteiger partial charge >= 0.3 is 0 Å². The molecule has 0 saturated heterocycles. The summed E-state index contributed by atoms with van der Waals surface area (Å²) >= 11 is 1.38. The molecule has 3 nitrogen and oxygen atoms in total. The Morgan fingerprint density at radius 3 is 2.94 bits per heavy atom. The van der Waals surface area contributed by atoms with Gasteiger partial charge in [0, 0.05) is 5.92 Å². The van der Waals surface area contributed by atoms with Crippen molar-refractivity contribution in [3.63, 3.8) is 0 Å². The van der Waals surface area contributed by atoms with Gasteiger partial charge in [0.1, 0.15) is 11.5 Å². The predicted octanol–water partition coefficient (Wildman–Crippen LogP) is 2.51. The summed E-state index contributed by atoms with van der Waals surface area (Å²) in [5, 5.41) is 1.84. The van der Waals surface area contributed by atoms with Gasteiger partial charge in [-0.1, -0.05) is 6.07 Å². The molecule has 2 heterocycles. The molecule has 0 atom stereocenters. The maximum Gasteiger partial charge on any atom is 0.287 e. The summed E-state index contributed by atoms with van der Waals surface area (Å²) in [6, 6.07) is 3.59. The van der Waals surface area contributed by atoms with Crippen LogP contribution in [0.1, 0.15) is 24.6 Å². The van der Waals surface area contributed by atoms with Crippen LogP contribution >= 0.6 is 11.3 Å². The first kappa shape index (κ1) is 9.72. The minimum Gasteiger partial charge on any atom is -0.308 e. The molecule has 0 unspecified atom stereocenters. The van der Waals surface area contributed by atoms with E-state index in [1.54, 1.807) is 6.07 Å². The average Bonchev–Trinajstić information content (AvgIpc) is 2.98. The molecule has 0 spiro atoms. The summed E-state index contributed by atoms with van der Waals surface area (Å²) in [6.07, 6.45) is 2.05. The molecule has 2 aromatic heterocycles. The second-order valence-corrected chi connectivity index (χ2v) is 4.81. The van der Waals surface area contributed by atoms with Crippen molar-refractivity contribution in [2.24, 2.45) is 0 Å². The minimum atomic E-state index is -0.785. The second kappa shape index (κ2) is 3.52. The number of H-pyrrole nitrogens is 1. The molecule has 0 amide bonds. The fourth-order valence-corrected chi connectivity index (χ4v) is 2.31. The third-order valence-corrected chi connectivity index (χ3v) is 3.48. The summed E-state index contributed by atoms with van der Waals surface area (Å²) < 4.78 is 13.6. The fourth-order valence-electron chi connectivity index (χ4n) is 1.60. The first-order valence-corrected chi connectivity index (χ1v) is 5.97. The molecule has 3 rings (SSSR count). The van der Waals surface area contributed by atoms with Gasteiger partial charge in [0.05, 0.1) is 4.88 Å². The van der Waals surface area contributed by atoms with Crippen molar-refractivity contribution < 1.29 is 4.39 Å². The summed E-state index contributed by atoms with van der Waals surface area (Å²) in [5.74, 6) is 0.147. The molecule has 0 bridgehead atoms. The topological polar surface area (TPSA) is 45.8 Å². The lowest BCUT2D eigenvalue weighted by atomic mass is 10.3. The Morgan fingerprint density at radius 1 is 1.50 bits per heavy atom. The van der Waals surface area contributed by atoms with Gasteiger partial charge in [-0.05, 0) is 24.3 Å². The second-order valence-electron chi connectivity index (χ2n) is 3.87. The molecule has 1 fully saturated rings. The van der Waals surface area contributed by atoms with Gasteiger partial charge in [0.25, 0.3) is 5.56 Å². The Balaban J connectivity index is 2.19. The summed E-state index contributed by atoms with van der Waals surface area (Å²) in [4.78, 5) is 18.8. The van der Waals surface area contributed by atoms with Crippen LogP contribution in [-0.2, 0) is 0 Å². The van der Waals surface area contributed by atoms with Crippen LogP contribution in [0.5, 0.6) is 0 Å². The Kier molecular flexibility index (Phi) is 2.14. The lowest BCUT2D eigenvalue weighted by Crippen LogP contribution is -2.16. The number of hydrogen-bond acceptors (Lipinski definition) is 3. The van der Waals surface area contributed by atoms with E-state index in [0.29, 0.717) is 16.6 Å². The third kappa shape index (κ3) is 1.57. The van der Waals surface area contributed by atoms with Crippen molar-refractivity contribution in [3.05, 3.63) is 39.5 Å². The molecular weight excluding hydrogens is 227 g/mol. The Hall–Kier alpha value is -1.49. The van der Waals surface area contributed by atoms with E-state index in [2.05, 4.69) is 9.97 Å². The number of halogens is 1. The zero-order chi connectivity index (χ0) is 11.1. The van der Waals surface area contributed by atoms with Gasteiger partial charge in [-0.3, -0.25) is 4.79 Å². The number of thiophene rings is 1. The van der Waals surface area contributed by atoms with Gasteiger partial charge in [-0.2, -0.15) is 4.39 Å². The Labute approximate surface area is 95.0 Å². The van der Waals surface area contributed by atoms with Crippen molar-refractivity contribution in [1.82, 2.24) is 9.97 Å². The van der Waals surface area contributed by atoms with E-state index in [1.807, 2.05) is 11.4 Å². The normalized spacial score (nSPS) is 15.3. The third-order valence-electron chi connectivity index (χ3n) is 2.60. The number of rotatable bonds is 2. The van der Waals surface area contributed by atoms with Crippen LogP contribution in [0, 0.1) is 5.82 Å². The quantitative estimate of drug-likeness (QED) is 0.870. The largest absolute Gasteiger partial charge is 0.308 e. The first-order chi connectivity index (χ1) is 7.75. The highest BCUT2D eigenvalue weighted by atomic mass is 32.1. The Bertz CT molecular complexity index is 572. The van der Waals surface area contributed by atoms with Gasteiger partial charge in [-0.25, -0.2) is 4.98 Å². The van der Waals surface area contributed by atoms with E-state index in [9.17, 15) is 9.18 Å².